The molecule has 0 radical (unpaired) electrons. The zero-order valence-electron chi connectivity index (χ0n) is 24.6. The number of methoxy groups -OCH3 is 1. The van der Waals surface area contributed by atoms with Crippen molar-refractivity contribution >= 4 is 27.6 Å². The summed E-state index contributed by atoms with van der Waals surface area (Å²) in [5, 5.41) is 3.42. The summed E-state index contributed by atoms with van der Waals surface area (Å²) < 4.78 is 7.52. The Bertz CT molecular complexity index is 2240. The number of ether oxygens (including phenoxy) is 1. The number of carbonyl (C=O) groups is 1. The van der Waals surface area contributed by atoms with E-state index in [0.29, 0.717) is 12.1 Å². The smallest absolute Gasteiger partial charge is 0.338 e. The fourth-order valence-corrected chi connectivity index (χ4v) is 8.50. The lowest BCUT2D eigenvalue weighted by Crippen LogP contribution is -2.34. The number of nitrogens with zero attached hydrogens (tertiary/aromatic N) is 1. The van der Waals surface area contributed by atoms with Gasteiger partial charge in [-0.1, -0.05) is 78.9 Å². The van der Waals surface area contributed by atoms with Crippen LogP contribution in [0.1, 0.15) is 85.1 Å². The van der Waals surface area contributed by atoms with Crippen molar-refractivity contribution in [2.45, 2.75) is 44.1 Å². The number of esters is 1. The largest absolute Gasteiger partial charge is 0.465 e. The molecular weight excluding hydrogens is 542 g/mol. The fourth-order valence-electron chi connectivity index (χ4n) is 8.50. The van der Waals surface area contributed by atoms with Gasteiger partial charge in [0.05, 0.1) is 24.7 Å². The van der Waals surface area contributed by atoms with Gasteiger partial charge in [-0.05, 0) is 99.2 Å². The monoisotopic (exact) mass is 573 g/mol. The molecule has 0 saturated heterocycles. The molecule has 0 spiro atoms. The number of carbonyl (C=O) groups excluding carboxylic acids is 1. The molecule has 44 heavy (non-hydrogen) atoms. The lowest BCUT2D eigenvalue weighted by molar-refractivity contribution is 0.0599. The third-order valence-corrected chi connectivity index (χ3v) is 10.3. The van der Waals surface area contributed by atoms with Crippen LogP contribution in [-0.4, -0.2) is 17.6 Å². The van der Waals surface area contributed by atoms with Crippen LogP contribution in [0.3, 0.4) is 0 Å². The van der Waals surface area contributed by atoms with Gasteiger partial charge < -0.3 is 9.30 Å². The van der Waals surface area contributed by atoms with Gasteiger partial charge in [0.1, 0.15) is 0 Å². The molecule has 0 unspecified atom stereocenters. The van der Waals surface area contributed by atoms with Crippen molar-refractivity contribution in [2.24, 2.45) is 0 Å². The summed E-state index contributed by atoms with van der Waals surface area (Å²) in [6.45, 7) is 0.483. The van der Waals surface area contributed by atoms with E-state index in [-0.39, 0.29) is 23.4 Å². The topological polar surface area (TPSA) is 48.3 Å². The van der Waals surface area contributed by atoms with E-state index in [4.69, 9.17) is 4.74 Å². The first-order chi connectivity index (χ1) is 21.6. The average Bonchev–Trinajstić information content (AvgIpc) is 3.08. The van der Waals surface area contributed by atoms with Gasteiger partial charge in [-0.3, -0.25) is 4.79 Å². The first-order valence-electron chi connectivity index (χ1n) is 15.6. The highest BCUT2D eigenvalue weighted by Gasteiger charge is 2.45. The zero-order valence-corrected chi connectivity index (χ0v) is 24.6. The maximum absolute atomic E-state index is 14.5. The molecule has 6 aromatic rings. The Balaban J connectivity index is 1.47. The molecule has 4 nitrogen and oxygen atoms in total. The quantitative estimate of drug-likeness (QED) is 0.202. The summed E-state index contributed by atoms with van der Waals surface area (Å²) >= 11 is 0. The van der Waals surface area contributed by atoms with E-state index in [1.807, 2.05) is 22.8 Å². The molecule has 2 bridgehead atoms. The van der Waals surface area contributed by atoms with E-state index >= 15 is 0 Å². The Labute approximate surface area is 255 Å². The number of benzene rings is 5. The van der Waals surface area contributed by atoms with E-state index < -0.39 is 0 Å². The highest BCUT2D eigenvalue weighted by atomic mass is 16.5. The highest BCUT2D eigenvalue weighted by molar-refractivity contribution is 6.02. The van der Waals surface area contributed by atoms with E-state index in [1.54, 1.807) is 0 Å². The van der Waals surface area contributed by atoms with Gasteiger partial charge in [0.25, 0.3) is 5.56 Å². The molecule has 1 aromatic heterocycles. The number of pyridine rings is 1. The molecule has 214 valence electrons. The Hall–Kier alpha value is -4.96. The van der Waals surface area contributed by atoms with Gasteiger partial charge in [0, 0.05) is 22.8 Å². The minimum atomic E-state index is -0.319. The van der Waals surface area contributed by atoms with Crippen molar-refractivity contribution in [1.82, 2.24) is 4.57 Å². The second kappa shape index (κ2) is 9.52. The molecule has 5 aromatic carbocycles. The lowest BCUT2D eigenvalue weighted by atomic mass is 9.59. The van der Waals surface area contributed by atoms with Crippen molar-refractivity contribution in [3.05, 3.63) is 163 Å². The van der Waals surface area contributed by atoms with Crippen molar-refractivity contribution in [2.75, 3.05) is 7.11 Å². The number of aromatic nitrogens is 1. The summed E-state index contributed by atoms with van der Waals surface area (Å²) in [6.07, 6.45) is 3.66. The molecule has 2 atom stereocenters. The number of hydrogen-bond donors (Lipinski definition) is 0. The van der Waals surface area contributed by atoms with Crippen LogP contribution in [0.25, 0.3) is 21.7 Å². The molecule has 0 amide bonds. The van der Waals surface area contributed by atoms with Crippen LogP contribution in [0, 0.1) is 0 Å². The van der Waals surface area contributed by atoms with Gasteiger partial charge in [0.15, 0.2) is 0 Å². The third-order valence-electron chi connectivity index (χ3n) is 10.3. The Morgan fingerprint density at radius 3 is 1.98 bits per heavy atom. The maximum Gasteiger partial charge on any atom is 0.338 e. The summed E-state index contributed by atoms with van der Waals surface area (Å²) in [5.41, 5.74) is 11.9. The highest BCUT2D eigenvalue weighted by Crippen LogP contribution is 2.59. The molecular formula is C40H31NO3. The minimum Gasteiger partial charge on any atom is -0.465 e. The normalized spacial score (nSPS) is 17.6. The predicted molar refractivity (Wildman–Crippen MR) is 174 cm³/mol. The Morgan fingerprint density at radius 2 is 1.32 bits per heavy atom. The van der Waals surface area contributed by atoms with Gasteiger partial charge >= 0.3 is 5.97 Å². The summed E-state index contributed by atoms with van der Waals surface area (Å²) in [5.74, 6) is -0.567. The SMILES string of the molecule is COC(=O)c1cc2c3c(c(=O)n(Cc4ccccc4)c2c2c1[C@@H]1c4ccccc4[C@H]2c2cc4ccccc4cc21)CCCC3. The Morgan fingerprint density at radius 1 is 0.727 bits per heavy atom. The first kappa shape index (κ1) is 25.5. The van der Waals surface area contributed by atoms with Crippen molar-refractivity contribution in [3.63, 3.8) is 0 Å². The molecule has 0 saturated carbocycles. The number of hydrogen-bond acceptors (Lipinski definition) is 3. The summed E-state index contributed by atoms with van der Waals surface area (Å²) in [6, 6.07) is 34.2. The molecule has 4 heteroatoms. The molecule has 0 N–H and O–H groups in total. The van der Waals surface area contributed by atoms with Crippen LogP contribution in [0.15, 0.2) is 102 Å². The van der Waals surface area contributed by atoms with Crippen LogP contribution >= 0.6 is 0 Å². The molecule has 4 aliphatic carbocycles. The fraction of sp³-hybridized carbons (Fsp3) is 0.200. The first-order valence-corrected chi connectivity index (χ1v) is 15.6. The molecule has 10 rings (SSSR count). The van der Waals surface area contributed by atoms with E-state index in [1.165, 1.54) is 40.1 Å². The molecule has 4 aliphatic rings. The predicted octanol–water partition coefficient (Wildman–Crippen LogP) is 7.86. The van der Waals surface area contributed by atoms with Crippen molar-refractivity contribution in [3.8, 4) is 0 Å². The second-order valence-electron chi connectivity index (χ2n) is 12.5. The lowest BCUT2D eigenvalue weighted by Gasteiger charge is -2.44. The molecule has 1 heterocycles. The van der Waals surface area contributed by atoms with Crippen molar-refractivity contribution in [1.29, 1.82) is 0 Å². The zero-order chi connectivity index (χ0) is 29.5. The number of rotatable bonds is 3. The van der Waals surface area contributed by atoms with E-state index in [2.05, 4.69) is 78.9 Å². The van der Waals surface area contributed by atoms with Crippen molar-refractivity contribution < 1.29 is 9.53 Å². The van der Waals surface area contributed by atoms with E-state index in [0.717, 1.165) is 64.4 Å². The third kappa shape index (κ3) is 3.45. The van der Waals surface area contributed by atoms with Crippen LogP contribution < -0.4 is 5.56 Å². The number of aryl methyl sites for hydroxylation is 1. The van der Waals surface area contributed by atoms with E-state index in [9.17, 15) is 9.59 Å². The number of fused-ring (bicyclic) bond motifs is 4. The molecule has 0 fully saturated rings. The van der Waals surface area contributed by atoms with Gasteiger partial charge in [-0.15, -0.1) is 0 Å². The average molecular weight is 574 g/mol. The maximum atomic E-state index is 14.5. The van der Waals surface area contributed by atoms with Gasteiger partial charge in [-0.2, -0.15) is 0 Å². The van der Waals surface area contributed by atoms with Gasteiger partial charge in [-0.25, -0.2) is 4.79 Å². The minimum absolute atomic E-state index is 0.109. The van der Waals surface area contributed by atoms with Crippen LogP contribution in [0.4, 0.5) is 0 Å². The van der Waals surface area contributed by atoms with Gasteiger partial charge in [0.2, 0.25) is 0 Å². The van der Waals surface area contributed by atoms with Crippen LogP contribution in [0.5, 0.6) is 0 Å². The summed E-state index contributed by atoms with van der Waals surface area (Å²) in [7, 11) is 1.47. The summed E-state index contributed by atoms with van der Waals surface area (Å²) in [4.78, 5) is 28.3. The molecule has 0 aliphatic heterocycles. The van der Waals surface area contributed by atoms with Crippen LogP contribution in [0.2, 0.25) is 0 Å². The Kier molecular flexibility index (Phi) is 5.52. The van der Waals surface area contributed by atoms with Crippen LogP contribution in [-0.2, 0) is 24.1 Å². The second-order valence-corrected chi connectivity index (χ2v) is 12.5. The standard InChI is InChI=1S/C40H31NO3/c1-44-40(43)33-21-32-26-15-7-10-18-29(26)39(42)41(22-23-11-3-2-4-12-23)38(32)37-35-28-17-9-8-16-27(28)34(36(33)37)30-19-24-13-5-6-14-25(24)20-31(30)35/h2-6,8-9,11-14,16-17,19-21,34-35H,7,10,15,18,22H2,1H3/t34-,35+/m1/s1.